The molecular formula is C38H69NO8Si2. The zero-order valence-electron chi connectivity index (χ0n) is 33.7. The molecular weight excluding hydrogens is 655 g/mol. The summed E-state index contributed by atoms with van der Waals surface area (Å²) in [5, 5.41) is 0.131. The number of benzene rings is 1. The van der Waals surface area contributed by atoms with Gasteiger partial charge in [0.2, 0.25) is 0 Å². The van der Waals surface area contributed by atoms with Crippen molar-refractivity contribution in [2.75, 3.05) is 34.5 Å². The number of aliphatic imine (C=N–C) groups is 1. The number of esters is 1. The molecule has 11 heteroatoms. The maximum absolute atomic E-state index is 12.3. The molecule has 1 heterocycles. The predicted octanol–water partition coefficient (Wildman–Crippen LogP) is 8.81. The Labute approximate surface area is 300 Å². The monoisotopic (exact) mass is 723 g/mol. The first-order chi connectivity index (χ1) is 22.5. The Morgan fingerprint density at radius 3 is 2.02 bits per heavy atom. The number of nitrogens with zero attached hydrogens (tertiary/aromatic N) is 1. The number of methoxy groups -OCH3 is 3. The van der Waals surface area contributed by atoms with E-state index in [9.17, 15) is 4.79 Å². The normalized spacial score (nSPS) is 18.7. The van der Waals surface area contributed by atoms with E-state index in [0.717, 1.165) is 17.7 Å². The van der Waals surface area contributed by atoms with Gasteiger partial charge >= 0.3 is 5.97 Å². The van der Waals surface area contributed by atoms with Crippen LogP contribution in [0.25, 0.3) is 0 Å². The van der Waals surface area contributed by atoms with Crippen molar-refractivity contribution in [1.29, 1.82) is 0 Å². The number of carbonyl (C=O) groups excluding carboxylic acids is 1. The maximum atomic E-state index is 12.3. The lowest BCUT2D eigenvalue weighted by molar-refractivity contribution is -0.142. The van der Waals surface area contributed by atoms with E-state index in [-0.39, 0.29) is 40.9 Å². The van der Waals surface area contributed by atoms with Gasteiger partial charge in [0.15, 0.2) is 28.6 Å². The van der Waals surface area contributed by atoms with Crippen LogP contribution in [0.1, 0.15) is 87.1 Å². The topological polar surface area (TPSA) is 94.0 Å². The molecule has 1 aliphatic heterocycles. The van der Waals surface area contributed by atoms with E-state index in [2.05, 4.69) is 93.5 Å². The summed E-state index contributed by atoms with van der Waals surface area (Å²) in [4.78, 5) is 16.9. The molecule has 0 saturated carbocycles. The summed E-state index contributed by atoms with van der Waals surface area (Å²) in [5.74, 6) is 1.16. The van der Waals surface area contributed by atoms with Crippen molar-refractivity contribution in [3.8, 4) is 5.75 Å². The van der Waals surface area contributed by atoms with Gasteiger partial charge in [0.1, 0.15) is 12.4 Å². The van der Waals surface area contributed by atoms with Crippen LogP contribution in [-0.4, -0.2) is 87.4 Å². The van der Waals surface area contributed by atoms with Crippen LogP contribution in [0.4, 0.5) is 0 Å². The summed E-state index contributed by atoms with van der Waals surface area (Å²) in [6, 6.07) is 7.33. The van der Waals surface area contributed by atoms with Crippen LogP contribution >= 0.6 is 0 Å². The van der Waals surface area contributed by atoms with Gasteiger partial charge in [-0.2, -0.15) is 0 Å². The van der Waals surface area contributed by atoms with Crippen LogP contribution in [0.3, 0.4) is 0 Å². The van der Waals surface area contributed by atoms with Crippen molar-refractivity contribution >= 4 is 28.5 Å². The van der Waals surface area contributed by atoms with Gasteiger partial charge < -0.3 is 32.5 Å². The molecule has 0 aliphatic carbocycles. The molecule has 49 heavy (non-hydrogen) atoms. The molecule has 0 unspecified atom stereocenters. The van der Waals surface area contributed by atoms with Gasteiger partial charge in [0, 0.05) is 32.0 Å². The summed E-state index contributed by atoms with van der Waals surface area (Å²) in [6.07, 6.45) is 1.34. The Kier molecular flexibility index (Phi) is 15.6. The van der Waals surface area contributed by atoms with Crippen molar-refractivity contribution in [3.63, 3.8) is 0 Å². The summed E-state index contributed by atoms with van der Waals surface area (Å²) >= 11 is 0. The number of hydrogen-bond donors (Lipinski definition) is 0. The second kappa shape index (κ2) is 17.6. The SMILES string of the molecule is COC(=O)[C@@H]1COC(C[C@H](O[Si](C)(C)C(C)(C)C)C(C)(C)[C@H](C[C@H](OC)[C@@H](C)CCO[Si](C)(C)C(C)(C)C)OCc2ccc(OC)cc2)=N1. The first-order valence-corrected chi connectivity index (χ1v) is 23.7. The highest BCUT2D eigenvalue weighted by atomic mass is 28.4. The number of ether oxygens (including phenoxy) is 5. The molecule has 0 saturated heterocycles. The van der Waals surface area contributed by atoms with Crippen LogP contribution in [0, 0.1) is 11.3 Å². The van der Waals surface area contributed by atoms with Crippen LogP contribution in [0.5, 0.6) is 5.75 Å². The fourth-order valence-electron chi connectivity index (χ4n) is 5.33. The molecule has 0 radical (unpaired) electrons. The molecule has 5 atom stereocenters. The Morgan fingerprint density at radius 1 is 0.918 bits per heavy atom. The van der Waals surface area contributed by atoms with E-state index in [4.69, 9.17) is 32.5 Å². The molecule has 0 aromatic heterocycles. The summed E-state index contributed by atoms with van der Waals surface area (Å²) < 4.78 is 43.2. The van der Waals surface area contributed by atoms with Gasteiger partial charge in [-0.3, -0.25) is 0 Å². The van der Waals surface area contributed by atoms with E-state index >= 15 is 0 Å². The highest BCUT2D eigenvalue weighted by Gasteiger charge is 2.48. The summed E-state index contributed by atoms with van der Waals surface area (Å²) in [5.41, 5.74) is 0.545. The molecule has 282 valence electrons. The van der Waals surface area contributed by atoms with Gasteiger partial charge in [-0.15, -0.1) is 0 Å². The highest BCUT2D eigenvalue weighted by Crippen LogP contribution is 2.44. The van der Waals surface area contributed by atoms with Crippen LogP contribution < -0.4 is 4.74 Å². The predicted molar refractivity (Wildman–Crippen MR) is 204 cm³/mol. The fourth-order valence-corrected chi connectivity index (χ4v) is 7.84. The minimum Gasteiger partial charge on any atom is -0.497 e. The van der Waals surface area contributed by atoms with Crippen molar-refractivity contribution < 1.29 is 37.3 Å². The van der Waals surface area contributed by atoms with Crippen LogP contribution in [-0.2, 0) is 39.2 Å². The summed E-state index contributed by atoms with van der Waals surface area (Å²) in [6.45, 7) is 30.6. The fraction of sp³-hybridized carbons (Fsp3) is 0.789. The van der Waals surface area contributed by atoms with E-state index < -0.39 is 34.1 Å². The quantitative estimate of drug-likeness (QED) is 0.103. The van der Waals surface area contributed by atoms with Crippen molar-refractivity contribution in [2.24, 2.45) is 16.3 Å². The third-order valence-corrected chi connectivity index (χ3v) is 20.3. The Morgan fingerprint density at radius 2 is 1.51 bits per heavy atom. The molecule has 1 aliphatic rings. The second-order valence-electron chi connectivity index (χ2n) is 17.3. The van der Waals surface area contributed by atoms with Crippen molar-refractivity contribution in [1.82, 2.24) is 0 Å². The molecule has 0 N–H and O–H groups in total. The Balaban J connectivity index is 2.46. The van der Waals surface area contributed by atoms with Gasteiger partial charge in [0.05, 0.1) is 39.1 Å². The van der Waals surface area contributed by atoms with E-state index in [0.29, 0.717) is 32.0 Å². The average Bonchev–Trinajstić information content (AvgIpc) is 3.47. The molecule has 0 fully saturated rings. The second-order valence-corrected chi connectivity index (χ2v) is 26.9. The first kappa shape index (κ1) is 43.4. The van der Waals surface area contributed by atoms with Crippen LogP contribution in [0.2, 0.25) is 36.3 Å². The first-order valence-electron chi connectivity index (χ1n) is 17.9. The minimum absolute atomic E-state index is 0.0264. The third-order valence-electron chi connectivity index (χ3n) is 11.3. The van der Waals surface area contributed by atoms with Gasteiger partial charge in [0.25, 0.3) is 0 Å². The Bertz CT molecular complexity index is 1200. The lowest BCUT2D eigenvalue weighted by Crippen LogP contribution is -2.53. The molecule has 2 rings (SSSR count). The van der Waals surface area contributed by atoms with Gasteiger partial charge in [-0.25, -0.2) is 9.79 Å². The number of hydrogen-bond acceptors (Lipinski definition) is 9. The molecule has 1 aromatic carbocycles. The standard InChI is InChI=1S/C38H69NO8Si2/c1-27(21-22-46-48(13,14)36(2,3)4)31(42-11)23-32(44-25-28-17-19-29(41-10)20-18-28)38(8,9)33(47-49(15,16)37(5,6)7)24-34-39-30(26-45-34)35(40)43-12/h17-20,27,30-33H,21-26H2,1-16H3/t27-,30-,31-,32-,33-/m0/s1. The van der Waals surface area contributed by atoms with E-state index in [1.54, 1.807) is 14.2 Å². The van der Waals surface area contributed by atoms with E-state index in [1.807, 2.05) is 24.3 Å². The summed E-state index contributed by atoms with van der Waals surface area (Å²) in [7, 11) is 0.700. The van der Waals surface area contributed by atoms with Gasteiger partial charge in [-0.05, 0) is 66.3 Å². The molecule has 0 amide bonds. The molecule has 0 bridgehead atoms. The van der Waals surface area contributed by atoms with Crippen molar-refractivity contribution in [3.05, 3.63) is 29.8 Å². The van der Waals surface area contributed by atoms with Crippen LogP contribution in [0.15, 0.2) is 29.3 Å². The molecule has 9 nitrogen and oxygen atoms in total. The van der Waals surface area contributed by atoms with Crippen molar-refractivity contribution in [2.45, 2.75) is 149 Å². The Hall–Kier alpha value is -1.77. The lowest BCUT2D eigenvalue weighted by Gasteiger charge is -2.47. The lowest BCUT2D eigenvalue weighted by atomic mass is 9.76. The molecule has 0 spiro atoms. The maximum Gasteiger partial charge on any atom is 0.334 e. The number of carbonyl (C=O) groups is 1. The third kappa shape index (κ3) is 12.2. The van der Waals surface area contributed by atoms with Gasteiger partial charge in [-0.1, -0.05) is 74.4 Å². The molecule has 1 aromatic rings. The zero-order chi connectivity index (χ0) is 37.4. The zero-order valence-corrected chi connectivity index (χ0v) is 35.7. The average molecular weight is 724 g/mol. The largest absolute Gasteiger partial charge is 0.497 e. The highest BCUT2D eigenvalue weighted by molar-refractivity contribution is 6.74. The minimum atomic E-state index is -2.28. The number of rotatable bonds is 19. The smallest absolute Gasteiger partial charge is 0.334 e. The van der Waals surface area contributed by atoms with E-state index in [1.165, 1.54) is 7.11 Å².